The molecule has 0 saturated carbocycles. The van der Waals surface area contributed by atoms with Gasteiger partial charge in [-0.2, -0.15) is 0 Å². The Morgan fingerprint density at radius 2 is 2.27 bits per heavy atom. The van der Waals surface area contributed by atoms with Gasteiger partial charge in [0.05, 0.1) is 5.69 Å². The fourth-order valence-corrected chi connectivity index (χ4v) is 2.92. The van der Waals surface area contributed by atoms with Crippen molar-refractivity contribution in [2.24, 2.45) is 0 Å². The minimum Gasteiger partial charge on any atom is -0.298 e. The average molecular weight is 219 g/mol. The summed E-state index contributed by atoms with van der Waals surface area (Å²) in [5.74, 6) is 0. The Bertz CT molecular complexity index is 441. The van der Waals surface area contributed by atoms with Crippen LogP contribution in [0.15, 0.2) is 34.3 Å². The van der Waals surface area contributed by atoms with Crippen LogP contribution in [0.3, 0.4) is 0 Å². The summed E-state index contributed by atoms with van der Waals surface area (Å²) in [7, 11) is 2.01. The van der Waals surface area contributed by atoms with Gasteiger partial charge >= 0.3 is 0 Å². The third-order valence-electron chi connectivity index (χ3n) is 2.67. The fraction of sp³-hybridized carbons (Fsp3) is 0.273. The van der Waals surface area contributed by atoms with Crippen LogP contribution in [0.5, 0.6) is 0 Å². The van der Waals surface area contributed by atoms with Crippen LogP contribution in [0.25, 0.3) is 0 Å². The maximum atomic E-state index is 3.28. The van der Waals surface area contributed by atoms with Gasteiger partial charge in [-0.3, -0.25) is 5.01 Å². The SMILES string of the molecule is CCc1ccc2c(c1)N1NN(C)C=C1S2. The number of nitrogens with zero attached hydrogens (tertiary/aromatic N) is 2. The zero-order valence-electron chi connectivity index (χ0n) is 8.82. The summed E-state index contributed by atoms with van der Waals surface area (Å²) in [5.41, 5.74) is 5.93. The molecule has 1 N–H and O–H groups in total. The summed E-state index contributed by atoms with van der Waals surface area (Å²) in [6.45, 7) is 2.18. The Morgan fingerprint density at radius 3 is 3.07 bits per heavy atom. The number of aryl methyl sites for hydroxylation is 1. The van der Waals surface area contributed by atoms with Gasteiger partial charge in [-0.05, 0) is 24.1 Å². The number of rotatable bonds is 1. The standard InChI is InChI=1S/C11H13N3S/c1-3-8-4-5-10-9(6-8)14-11(15-10)7-13(2)12-14/h4-7,12H,3H2,1-2H3. The highest BCUT2D eigenvalue weighted by Crippen LogP contribution is 2.46. The first-order valence-corrected chi connectivity index (χ1v) is 5.91. The van der Waals surface area contributed by atoms with Crippen molar-refractivity contribution in [1.29, 1.82) is 0 Å². The highest BCUT2D eigenvalue weighted by molar-refractivity contribution is 8.03. The van der Waals surface area contributed by atoms with E-state index in [1.54, 1.807) is 0 Å². The van der Waals surface area contributed by atoms with E-state index in [2.05, 4.69) is 41.9 Å². The Morgan fingerprint density at radius 1 is 1.40 bits per heavy atom. The lowest BCUT2D eigenvalue weighted by Gasteiger charge is -2.18. The number of hydrazine groups is 2. The van der Waals surface area contributed by atoms with E-state index in [0.717, 1.165) is 6.42 Å². The van der Waals surface area contributed by atoms with Crippen molar-refractivity contribution in [2.45, 2.75) is 18.2 Å². The third-order valence-corrected chi connectivity index (χ3v) is 3.73. The van der Waals surface area contributed by atoms with Crippen LogP contribution in [-0.4, -0.2) is 12.1 Å². The molecule has 2 aliphatic rings. The van der Waals surface area contributed by atoms with Crippen molar-refractivity contribution in [3.8, 4) is 0 Å². The minimum atomic E-state index is 1.08. The quantitative estimate of drug-likeness (QED) is 0.781. The van der Waals surface area contributed by atoms with Crippen LogP contribution >= 0.6 is 11.8 Å². The molecular formula is C11H13N3S. The second kappa shape index (κ2) is 3.18. The van der Waals surface area contributed by atoms with Crippen molar-refractivity contribution in [2.75, 3.05) is 12.1 Å². The first kappa shape index (κ1) is 9.12. The molecule has 0 unspecified atom stereocenters. The number of hydrogen-bond donors (Lipinski definition) is 1. The summed E-state index contributed by atoms with van der Waals surface area (Å²) in [5, 5.41) is 5.36. The Labute approximate surface area is 93.7 Å². The van der Waals surface area contributed by atoms with Crippen molar-refractivity contribution in [1.82, 2.24) is 10.5 Å². The van der Waals surface area contributed by atoms with E-state index in [4.69, 9.17) is 0 Å². The van der Waals surface area contributed by atoms with E-state index in [1.807, 2.05) is 23.8 Å². The van der Waals surface area contributed by atoms with Crippen molar-refractivity contribution < 1.29 is 0 Å². The van der Waals surface area contributed by atoms with Crippen LogP contribution in [0.4, 0.5) is 5.69 Å². The third kappa shape index (κ3) is 1.33. The maximum Gasteiger partial charge on any atom is 0.115 e. The minimum absolute atomic E-state index is 1.08. The molecule has 78 valence electrons. The van der Waals surface area contributed by atoms with Crippen molar-refractivity contribution in [3.63, 3.8) is 0 Å². The van der Waals surface area contributed by atoms with Gasteiger partial charge in [0.25, 0.3) is 0 Å². The molecule has 0 saturated heterocycles. The van der Waals surface area contributed by atoms with Gasteiger partial charge < -0.3 is 0 Å². The summed E-state index contributed by atoms with van der Waals surface area (Å²) in [4.78, 5) is 1.33. The van der Waals surface area contributed by atoms with E-state index in [9.17, 15) is 0 Å². The maximum absolute atomic E-state index is 3.28. The molecule has 1 aromatic carbocycles. The lowest BCUT2D eigenvalue weighted by atomic mass is 10.1. The first-order chi connectivity index (χ1) is 7.28. The van der Waals surface area contributed by atoms with Crippen molar-refractivity contribution in [3.05, 3.63) is 35.0 Å². The summed E-state index contributed by atoms with van der Waals surface area (Å²) < 4.78 is 0. The lowest BCUT2D eigenvalue weighted by molar-refractivity contribution is 0.358. The average Bonchev–Trinajstić information content (AvgIpc) is 2.73. The van der Waals surface area contributed by atoms with Crippen LogP contribution in [0.2, 0.25) is 0 Å². The number of thioether (sulfide) groups is 1. The monoisotopic (exact) mass is 219 g/mol. The Balaban J connectivity index is 2.04. The predicted molar refractivity (Wildman–Crippen MR) is 63.1 cm³/mol. The topological polar surface area (TPSA) is 18.5 Å². The molecule has 0 atom stereocenters. The zero-order chi connectivity index (χ0) is 10.4. The molecule has 4 heteroatoms. The molecule has 3 rings (SSSR count). The Kier molecular flexibility index (Phi) is 1.94. The summed E-state index contributed by atoms with van der Waals surface area (Å²) >= 11 is 1.81. The molecule has 2 aliphatic heterocycles. The largest absolute Gasteiger partial charge is 0.298 e. The van der Waals surface area contributed by atoms with Gasteiger partial charge in [-0.25, -0.2) is 5.01 Å². The van der Waals surface area contributed by atoms with Gasteiger partial charge in [-0.1, -0.05) is 24.8 Å². The molecule has 0 spiro atoms. The van der Waals surface area contributed by atoms with Gasteiger partial charge in [-0.15, -0.1) is 5.53 Å². The van der Waals surface area contributed by atoms with E-state index < -0.39 is 0 Å². The number of nitrogens with one attached hydrogen (secondary N) is 1. The first-order valence-electron chi connectivity index (χ1n) is 5.10. The highest BCUT2D eigenvalue weighted by Gasteiger charge is 2.30. The van der Waals surface area contributed by atoms with E-state index in [1.165, 1.54) is 21.2 Å². The van der Waals surface area contributed by atoms with Gasteiger partial charge in [0.15, 0.2) is 0 Å². The predicted octanol–water partition coefficient (Wildman–Crippen LogP) is 2.33. The molecule has 0 aromatic heterocycles. The molecule has 2 heterocycles. The molecule has 15 heavy (non-hydrogen) atoms. The van der Waals surface area contributed by atoms with Crippen LogP contribution in [0, 0.1) is 0 Å². The lowest BCUT2D eigenvalue weighted by Crippen LogP contribution is -2.37. The fourth-order valence-electron chi connectivity index (χ4n) is 1.86. The summed E-state index contributed by atoms with van der Waals surface area (Å²) in [6, 6.07) is 6.67. The molecule has 1 aromatic rings. The highest BCUT2D eigenvalue weighted by atomic mass is 32.2. The number of benzene rings is 1. The van der Waals surface area contributed by atoms with E-state index in [-0.39, 0.29) is 0 Å². The van der Waals surface area contributed by atoms with Crippen LogP contribution < -0.4 is 10.5 Å². The number of fused-ring (bicyclic) bond motifs is 3. The van der Waals surface area contributed by atoms with Crippen molar-refractivity contribution >= 4 is 17.4 Å². The molecule has 0 fully saturated rings. The Hall–Kier alpha value is -1.13. The molecule has 0 bridgehead atoms. The molecule has 3 nitrogen and oxygen atoms in total. The van der Waals surface area contributed by atoms with E-state index in [0.29, 0.717) is 0 Å². The van der Waals surface area contributed by atoms with Crippen LogP contribution in [-0.2, 0) is 6.42 Å². The summed E-state index contributed by atoms with van der Waals surface area (Å²) in [6.07, 6.45) is 3.19. The second-order valence-electron chi connectivity index (χ2n) is 3.77. The van der Waals surface area contributed by atoms with Gasteiger partial charge in [0, 0.05) is 18.1 Å². The zero-order valence-corrected chi connectivity index (χ0v) is 9.64. The molecule has 0 amide bonds. The van der Waals surface area contributed by atoms with Gasteiger partial charge in [0.1, 0.15) is 5.03 Å². The molecule has 0 radical (unpaired) electrons. The molecule has 0 aliphatic carbocycles. The number of anilines is 1. The van der Waals surface area contributed by atoms with Gasteiger partial charge in [0.2, 0.25) is 0 Å². The second-order valence-corrected chi connectivity index (χ2v) is 4.83. The number of hydrogen-bond acceptors (Lipinski definition) is 4. The normalized spacial score (nSPS) is 17.9. The smallest absolute Gasteiger partial charge is 0.115 e. The van der Waals surface area contributed by atoms with E-state index >= 15 is 0 Å². The van der Waals surface area contributed by atoms with Crippen LogP contribution in [0.1, 0.15) is 12.5 Å². The molecular weight excluding hydrogens is 206 g/mol.